The van der Waals surface area contributed by atoms with Crippen LogP contribution in [0.2, 0.25) is 0 Å². The second-order valence-electron chi connectivity index (χ2n) is 2.08. The molecule has 4 nitrogen and oxygen atoms in total. The van der Waals surface area contributed by atoms with Crippen LogP contribution in [0.15, 0.2) is 36.4 Å². The van der Waals surface area contributed by atoms with Crippen molar-refractivity contribution in [3.63, 3.8) is 0 Å². The summed E-state index contributed by atoms with van der Waals surface area (Å²) >= 11 is 0. The Kier molecular flexibility index (Phi) is 13.0. The van der Waals surface area contributed by atoms with Crippen molar-refractivity contribution in [2.75, 3.05) is 14.2 Å². The van der Waals surface area contributed by atoms with Crippen molar-refractivity contribution in [2.45, 2.75) is 0 Å². The van der Waals surface area contributed by atoms with Gasteiger partial charge in [0, 0.05) is 20.3 Å². The summed E-state index contributed by atoms with van der Waals surface area (Å²) in [6.45, 7) is 0. The number of hydrogen-bond acceptors (Lipinski definition) is 3. The first kappa shape index (κ1) is 15.8. The van der Waals surface area contributed by atoms with Gasteiger partial charge >= 0.3 is 5.97 Å². The predicted octanol–water partition coefficient (Wildman–Crippen LogP) is 1.00. The van der Waals surface area contributed by atoms with Crippen LogP contribution in [0.3, 0.4) is 0 Å². The molecule has 4 heteroatoms. The molecule has 0 bridgehead atoms. The van der Waals surface area contributed by atoms with Crippen molar-refractivity contribution < 1.29 is 20.1 Å². The lowest BCUT2D eigenvalue weighted by atomic mass is 10.2. The van der Waals surface area contributed by atoms with Gasteiger partial charge in [-0.3, -0.25) is 0 Å². The van der Waals surface area contributed by atoms with Gasteiger partial charge in [0.25, 0.3) is 0 Å². The molecule has 0 aliphatic heterocycles. The summed E-state index contributed by atoms with van der Waals surface area (Å²) in [6, 6.07) is 9.31. The topological polar surface area (TPSA) is 77.8 Å². The first-order valence-electron chi connectivity index (χ1n) is 4.14. The third kappa shape index (κ3) is 10.3. The van der Waals surface area contributed by atoms with E-state index < -0.39 is 5.97 Å². The van der Waals surface area contributed by atoms with Gasteiger partial charge in [-0.15, -0.1) is 0 Å². The lowest BCUT2D eigenvalue weighted by Gasteiger charge is -1.87. The van der Waals surface area contributed by atoms with Crippen LogP contribution in [-0.2, 0) is 4.79 Å². The minimum Gasteiger partial charge on any atom is -0.478 e. The smallest absolute Gasteiger partial charge is 0.328 e. The SMILES string of the molecule is CO.CO.O=C(O)/C=C/c1ccccc1. The molecular weight excluding hydrogens is 196 g/mol. The summed E-state index contributed by atoms with van der Waals surface area (Å²) in [5.74, 6) is -0.922. The van der Waals surface area contributed by atoms with Crippen LogP contribution in [0.5, 0.6) is 0 Å². The van der Waals surface area contributed by atoms with Crippen molar-refractivity contribution in [1.82, 2.24) is 0 Å². The molecule has 0 spiro atoms. The highest BCUT2D eigenvalue weighted by molar-refractivity contribution is 5.85. The van der Waals surface area contributed by atoms with Crippen LogP contribution >= 0.6 is 0 Å². The molecule has 0 fully saturated rings. The van der Waals surface area contributed by atoms with E-state index in [1.807, 2.05) is 30.3 Å². The quantitative estimate of drug-likeness (QED) is 0.639. The van der Waals surface area contributed by atoms with Gasteiger partial charge in [-0.2, -0.15) is 0 Å². The van der Waals surface area contributed by atoms with E-state index in [0.29, 0.717) is 0 Å². The number of carboxylic acid groups (broad SMARTS) is 1. The van der Waals surface area contributed by atoms with E-state index in [1.165, 1.54) is 0 Å². The van der Waals surface area contributed by atoms with Crippen LogP contribution in [0.25, 0.3) is 6.08 Å². The molecule has 0 heterocycles. The summed E-state index contributed by atoms with van der Waals surface area (Å²) < 4.78 is 0. The highest BCUT2D eigenvalue weighted by atomic mass is 16.4. The highest BCUT2D eigenvalue weighted by Crippen LogP contribution is 1.99. The zero-order valence-corrected chi connectivity index (χ0v) is 8.79. The first-order chi connectivity index (χ1) is 7.29. The molecule has 1 aromatic carbocycles. The Morgan fingerprint density at radius 3 is 1.93 bits per heavy atom. The molecule has 0 aliphatic carbocycles. The molecule has 3 N–H and O–H groups in total. The molecule has 0 saturated heterocycles. The number of carboxylic acids is 1. The summed E-state index contributed by atoms with van der Waals surface area (Å²) in [4.78, 5) is 10.1. The zero-order valence-electron chi connectivity index (χ0n) is 8.79. The Balaban J connectivity index is 0. The molecule has 0 radical (unpaired) electrons. The van der Waals surface area contributed by atoms with Crippen molar-refractivity contribution >= 4 is 12.0 Å². The van der Waals surface area contributed by atoms with Gasteiger partial charge in [0.05, 0.1) is 0 Å². The van der Waals surface area contributed by atoms with Gasteiger partial charge in [0.15, 0.2) is 0 Å². The zero-order chi connectivity index (χ0) is 12.1. The highest BCUT2D eigenvalue weighted by Gasteiger charge is 1.85. The number of aliphatic hydroxyl groups is 2. The first-order valence-corrected chi connectivity index (χ1v) is 4.14. The second kappa shape index (κ2) is 12.4. The number of aliphatic hydroxyl groups excluding tert-OH is 2. The fourth-order valence-corrected chi connectivity index (χ4v) is 0.732. The van der Waals surface area contributed by atoms with Gasteiger partial charge in [-0.05, 0) is 11.6 Å². The lowest BCUT2D eigenvalue weighted by Crippen LogP contribution is -1.85. The summed E-state index contributed by atoms with van der Waals surface area (Å²) in [6.07, 6.45) is 2.68. The van der Waals surface area contributed by atoms with E-state index in [9.17, 15) is 4.79 Å². The third-order valence-electron chi connectivity index (χ3n) is 1.22. The van der Waals surface area contributed by atoms with Crippen molar-refractivity contribution in [3.8, 4) is 0 Å². The second-order valence-corrected chi connectivity index (χ2v) is 2.08. The van der Waals surface area contributed by atoms with E-state index in [1.54, 1.807) is 6.08 Å². The van der Waals surface area contributed by atoms with Crippen molar-refractivity contribution in [1.29, 1.82) is 0 Å². The molecule has 0 aromatic heterocycles. The van der Waals surface area contributed by atoms with Crippen LogP contribution in [-0.4, -0.2) is 35.5 Å². The molecule has 0 unspecified atom stereocenters. The lowest BCUT2D eigenvalue weighted by molar-refractivity contribution is -0.131. The van der Waals surface area contributed by atoms with Gasteiger partial charge < -0.3 is 15.3 Å². The van der Waals surface area contributed by atoms with Crippen molar-refractivity contribution in [2.24, 2.45) is 0 Å². The number of aliphatic carboxylic acids is 1. The molecular formula is C11H16O4. The Hall–Kier alpha value is -1.65. The number of hydrogen-bond donors (Lipinski definition) is 3. The maximum absolute atomic E-state index is 10.1. The fourth-order valence-electron chi connectivity index (χ4n) is 0.732. The van der Waals surface area contributed by atoms with Crippen LogP contribution in [0, 0.1) is 0 Å². The summed E-state index contributed by atoms with van der Waals surface area (Å²) in [5, 5.41) is 22.3. The van der Waals surface area contributed by atoms with E-state index in [-0.39, 0.29) is 0 Å². The summed E-state index contributed by atoms with van der Waals surface area (Å²) in [7, 11) is 2.00. The molecule has 0 amide bonds. The average Bonchev–Trinajstić information content (AvgIpc) is 2.33. The van der Waals surface area contributed by atoms with Crippen LogP contribution < -0.4 is 0 Å². The van der Waals surface area contributed by atoms with Gasteiger partial charge in [-0.1, -0.05) is 30.3 Å². The number of rotatable bonds is 2. The molecule has 84 valence electrons. The summed E-state index contributed by atoms with van der Waals surface area (Å²) in [5.41, 5.74) is 0.898. The average molecular weight is 212 g/mol. The van der Waals surface area contributed by atoms with E-state index >= 15 is 0 Å². The Labute approximate surface area is 89.1 Å². The van der Waals surface area contributed by atoms with Crippen LogP contribution in [0.4, 0.5) is 0 Å². The third-order valence-corrected chi connectivity index (χ3v) is 1.22. The maximum Gasteiger partial charge on any atom is 0.328 e. The Morgan fingerprint density at radius 1 is 1.07 bits per heavy atom. The molecule has 1 rings (SSSR count). The minimum atomic E-state index is -0.922. The molecule has 0 saturated carbocycles. The fraction of sp³-hybridized carbons (Fsp3) is 0.182. The van der Waals surface area contributed by atoms with E-state index in [2.05, 4.69) is 0 Å². The molecule has 0 aliphatic rings. The predicted molar refractivity (Wildman–Crippen MR) is 59.4 cm³/mol. The van der Waals surface area contributed by atoms with Crippen LogP contribution in [0.1, 0.15) is 5.56 Å². The van der Waals surface area contributed by atoms with E-state index in [0.717, 1.165) is 25.9 Å². The Bertz CT molecular complexity index is 267. The maximum atomic E-state index is 10.1. The largest absolute Gasteiger partial charge is 0.478 e. The Morgan fingerprint density at radius 2 is 1.53 bits per heavy atom. The van der Waals surface area contributed by atoms with Gasteiger partial charge in [0.1, 0.15) is 0 Å². The standard InChI is InChI=1S/C9H8O2.2CH4O/c10-9(11)7-6-8-4-2-1-3-5-8;2*1-2/h1-7H,(H,10,11);2*2H,1H3/b7-6+;;. The van der Waals surface area contributed by atoms with E-state index in [4.69, 9.17) is 15.3 Å². The number of carbonyl (C=O) groups is 1. The normalized spacial score (nSPS) is 8.27. The molecule has 0 atom stereocenters. The van der Waals surface area contributed by atoms with Gasteiger partial charge in [0.2, 0.25) is 0 Å². The minimum absolute atomic E-state index is 0.898. The molecule has 15 heavy (non-hydrogen) atoms. The monoisotopic (exact) mass is 212 g/mol. The number of benzene rings is 1. The van der Waals surface area contributed by atoms with Crippen molar-refractivity contribution in [3.05, 3.63) is 42.0 Å². The van der Waals surface area contributed by atoms with Gasteiger partial charge in [-0.25, -0.2) is 4.79 Å². The molecule has 1 aromatic rings.